The first-order valence-corrected chi connectivity index (χ1v) is 7.12. The molecule has 0 aliphatic carbocycles. The Hall–Kier alpha value is -0.570. The summed E-state index contributed by atoms with van der Waals surface area (Å²) in [5.74, 6) is 0.412. The lowest BCUT2D eigenvalue weighted by molar-refractivity contribution is -0.133. The second kappa shape index (κ2) is 9.46. The monoisotopic (exact) mass is 242 g/mol. The highest BCUT2D eigenvalue weighted by molar-refractivity contribution is 5.81. The zero-order valence-corrected chi connectivity index (χ0v) is 12.0. The van der Waals surface area contributed by atoms with Crippen molar-refractivity contribution in [3.05, 3.63) is 0 Å². The van der Waals surface area contributed by atoms with E-state index in [1.165, 1.54) is 0 Å². The number of carbonyl (C=O) groups is 1. The van der Waals surface area contributed by atoms with Crippen LogP contribution >= 0.6 is 0 Å². The van der Waals surface area contributed by atoms with Crippen LogP contribution in [-0.4, -0.2) is 29.9 Å². The Morgan fingerprint density at radius 3 is 1.94 bits per heavy atom. The van der Waals surface area contributed by atoms with Crippen molar-refractivity contribution >= 4 is 5.91 Å². The number of nitrogens with zero attached hydrogens (tertiary/aromatic N) is 1. The maximum atomic E-state index is 12.3. The second-order valence-corrected chi connectivity index (χ2v) is 4.94. The Balaban J connectivity index is 4.38. The largest absolute Gasteiger partial charge is 0.341 e. The molecule has 0 bridgehead atoms. The first-order valence-electron chi connectivity index (χ1n) is 7.12. The predicted octanol–water partition coefficient (Wildman–Crippen LogP) is 2.79. The van der Waals surface area contributed by atoms with E-state index in [2.05, 4.69) is 27.7 Å². The third-order valence-corrected chi connectivity index (χ3v) is 3.42. The number of carbonyl (C=O) groups excluding carboxylic acids is 1. The summed E-state index contributed by atoms with van der Waals surface area (Å²) in [4.78, 5) is 14.2. The summed E-state index contributed by atoms with van der Waals surface area (Å²) in [7, 11) is 0. The molecule has 0 heterocycles. The Bertz CT molecular complexity index is 198. The van der Waals surface area contributed by atoms with Crippen LogP contribution in [0.1, 0.15) is 59.8 Å². The summed E-state index contributed by atoms with van der Waals surface area (Å²) < 4.78 is 0. The normalized spacial score (nSPS) is 14.4. The molecule has 0 radical (unpaired) electrons. The van der Waals surface area contributed by atoms with E-state index in [9.17, 15) is 4.79 Å². The fraction of sp³-hybridized carbons (Fsp3) is 0.929. The highest BCUT2D eigenvalue weighted by atomic mass is 16.2. The van der Waals surface area contributed by atoms with Gasteiger partial charge in [-0.05, 0) is 18.8 Å². The van der Waals surface area contributed by atoms with Gasteiger partial charge in [-0.25, -0.2) is 0 Å². The van der Waals surface area contributed by atoms with Crippen LogP contribution in [0.15, 0.2) is 0 Å². The molecule has 0 aliphatic rings. The minimum absolute atomic E-state index is 0.140. The summed E-state index contributed by atoms with van der Waals surface area (Å²) >= 11 is 0. The van der Waals surface area contributed by atoms with Gasteiger partial charge in [-0.1, -0.05) is 47.0 Å². The molecule has 3 heteroatoms. The van der Waals surface area contributed by atoms with Crippen LogP contribution in [0.2, 0.25) is 0 Å². The Morgan fingerprint density at radius 2 is 1.59 bits per heavy atom. The van der Waals surface area contributed by atoms with Crippen molar-refractivity contribution in [2.75, 3.05) is 13.1 Å². The molecular weight excluding hydrogens is 212 g/mol. The fourth-order valence-corrected chi connectivity index (χ4v) is 1.74. The van der Waals surface area contributed by atoms with Crippen LogP contribution in [0.4, 0.5) is 0 Å². The van der Waals surface area contributed by atoms with Gasteiger partial charge in [0.1, 0.15) is 0 Å². The minimum Gasteiger partial charge on any atom is -0.341 e. The molecule has 0 aromatic heterocycles. The Kier molecular flexibility index (Phi) is 9.14. The SMILES string of the molecule is CCCCN(CCCC)C(=O)C(N)C(C)CC. The van der Waals surface area contributed by atoms with Crippen LogP contribution < -0.4 is 5.73 Å². The van der Waals surface area contributed by atoms with Crippen LogP contribution in [0.5, 0.6) is 0 Å². The molecule has 3 nitrogen and oxygen atoms in total. The van der Waals surface area contributed by atoms with Gasteiger partial charge in [-0.3, -0.25) is 4.79 Å². The standard InChI is InChI=1S/C14H30N2O/c1-5-8-10-16(11-9-6-2)14(17)13(15)12(4)7-3/h12-13H,5-11,15H2,1-4H3. The van der Waals surface area contributed by atoms with Crippen molar-refractivity contribution in [3.63, 3.8) is 0 Å². The highest BCUT2D eigenvalue weighted by Crippen LogP contribution is 2.10. The van der Waals surface area contributed by atoms with Gasteiger partial charge in [0.15, 0.2) is 0 Å². The van der Waals surface area contributed by atoms with Gasteiger partial charge in [-0.2, -0.15) is 0 Å². The van der Waals surface area contributed by atoms with E-state index in [-0.39, 0.29) is 17.9 Å². The highest BCUT2D eigenvalue weighted by Gasteiger charge is 2.24. The molecule has 17 heavy (non-hydrogen) atoms. The number of hydrogen-bond acceptors (Lipinski definition) is 2. The van der Waals surface area contributed by atoms with Gasteiger partial charge in [0.2, 0.25) is 5.91 Å². The van der Waals surface area contributed by atoms with E-state index in [0.717, 1.165) is 45.2 Å². The molecule has 0 saturated heterocycles. The number of nitrogens with two attached hydrogens (primary N) is 1. The van der Waals surface area contributed by atoms with Crippen molar-refractivity contribution in [2.45, 2.75) is 65.8 Å². The maximum Gasteiger partial charge on any atom is 0.239 e. The van der Waals surface area contributed by atoms with Gasteiger partial charge in [0, 0.05) is 13.1 Å². The van der Waals surface area contributed by atoms with Crippen molar-refractivity contribution < 1.29 is 4.79 Å². The van der Waals surface area contributed by atoms with E-state index in [1.807, 2.05) is 4.90 Å². The third kappa shape index (κ3) is 6.06. The van der Waals surface area contributed by atoms with Crippen molar-refractivity contribution in [1.29, 1.82) is 0 Å². The average molecular weight is 242 g/mol. The second-order valence-electron chi connectivity index (χ2n) is 4.94. The molecule has 2 N–H and O–H groups in total. The molecule has 2 unspecified atom stereocenters. The summed E-state index contributed by atoms with van der Waals surface area (Å²) in [5, 5.41) is 0. The van der Waals surface area contributed by atoms with E-state index >= 15 is 0 Å². The first kappa shape index (κ1) is 16.4. The van der Waals surface area contributed by atoms with E-state index in [4.69, 9.17) is 5.73 Å². The van der Waals surface area contributed by atoms with Crippen LogP contribution in [0.3, 0.4) is 0 Å². The molecule has 2 atom stereocenters. The predicted molar refractivity (Wildman–Crippen MR) is 73.8 cm³/mol. The molecule has 1 amide bonds. The van der Waals surface area contributed by atoms with Gasteiger partial charge in [-0.15, -0.1) is 0 Å². The summed E-state index contributed by atoms with van der Waals surface area (Å²) in [6.45, 7) is 10.2. The van der Waals surface area contributed by atoms with E-state index in [1.54, 1.807) is 0 Å². The lowest BCUT2D eigenvalue weighted by Crippen LogP contribution is -2.47. The molecular formula is C14H30N2O. The first-order chi connectivity index (χ1) is 8.08. The number of unbranched alkanes of at least 4 members (excludes halogenated alkanes) is 2. The van der Waals surface area contributed by atoms with Crippen LogP contribution in [0.25, 0.3) is 0 Å². The lowest BCUT2D eigenvalue weighted by atomic mass is 9.98. The quantitative estimate of drug-likeness (QED) is 0.676. The summed E-state index contributed by atoms with van der Waals surface area (Å²) in [6.07, 6.45) is 5.34. The smallest absolute Gasteiger partial charge is 0.239 e. The van der Waals surface area contributed by atoms with Crippen LogP contribution in [-0.2, 0) is 4.79 Å². The molecule has 0 aliphatic heterocycles. The number of hydrogen-bond donors (Lipinski definition) is 1. The fourth-order valence-electron chi connectivity index (χ4n) is 1.74. The number of rotatable bonds is 9. The molecule has 0 aromatic rings. The molecule has 102 valence electrons. The van der Waals surface area contributed by atoms with Crippen molar-refractivity contribution in [2.24, 2.45) is 11.7 Å². The van der Waals surface area contributed by atoms with Gasteiger partial charge >= 0.3 is 0 Å². The van der Waals surface area contributed by atoms with Crippen molar-refractivity contribution in [3.8, 4) is 0 Å². The van der Waals surface area contributed by atoms with Gasteiger partial charge in [0.05, 0.1) is 6.04 Å². The van der Waals surface area contributed by atoms with E-state index in [0.29, 0.717) is 0 Å². The lowest BCUT2D eigenvalue weighted by Gasteiger charge is -2.28. The van der Waals surface area contributed by atoms with E-state index < -0.39 is 0 Å². The Morgan fingerprint density at radius 1 is 1.12 bits per heavy atom. The minimum atomic E-state index is -0.325. The topological polar surface area (TPSA) is 46.3 Å². The summed E-state index contributed by atoms with van der Waals surface area (Å²) in [5.41, 5.74) is 6.02. The summed E-state index contributed by atoms with van der Waals surface area (Å²) in [6, 6.07) is -0.325. The molecule has 0 spiro atoms. The molecule has 0 saturated carbocycles. The van der Waals surface area contributed by atoms with Crippen molar-refractivity contribution in [1.82, 2.24) is 4.90 Å². The van der Waals surface area contributed by atoms with Gasteiger partial charge in [0.25, 0.3) is 0 Å². The maximum absolute atomic E-state index is 12.3. The Labute approximate surface area is 107 Å². The zero-order valence-electron chi connectivity index (χ0n) is 12.0. The third-order valence-electron chi connectivity index (χ3n) is 3.42. The molecule has 0 rings (SSSR count). The molecule has 0 aromatic carbocycles. The number of amides is 1. The van der Waals surface area contributed by atoms with Crippen LogP contribution in [0, 0.1) is 5.92 Å². The van der Waals surface area contributed by atoms with Gasteiger partial charge < -0.3 is 10.6 Å². The average Bonchev–Trinajstić information content (AvgIpc) is 2.36. The zero-order chi connectivity index (χ0) is 13.3. The molecule has 0 fully saturated rings.